The van der Waals surface area contributed by atoms with Crippen molar-refractivity contribution in [1.82, 2.24) is 20.3 Å². The van der Waals surface area contributed by atoms with Crippen molar-refractivity contribution in [3.63, 3.8) is 0 Å². The first-order chi connectivity index (χ1) is 13.0. The van der Waals surface area contributed by atoms with Gasteiger partial charge in [0.1, 0.15) is 23.9 Å². The van der Waals surface area contributed by atoms with Gasteiger partial charge < -0.3 is 14.6 Å². The maximum absolute atomic E-state index is 13.0. The minimum Gasteiger partial charge on any atom is -0.489 e. The number of amides is 1. The van der Waals surface area contributed by atoms with Crippen molar-refractivity contribution in [2.75, 3.05) is 0 Å². The average molecular weight is 372 g/mol. The van der Waals surface area contributed by atoms with Crippen LogP contribution in [0.1, 0.15) is 47.4 Å². The molecular formula is C19H21FN4O3. The van der Waals surface area contributed by atoms with Gasteiger partial charge in [0.05, 0.1) is 17.3 Å². The molecule has 1 unspecified atom stereocenters. The number of carbonyl (C=O) groups is 1. The molecule has 0 aliphatic rings. The van der Waals surface area contributed by atoms with Crippen molar-refractivity contribution in [2.24, 2.45) is 0 Å². The highest BCUT2D eigenvalue weighted by Crippen LogP contribution is 2.19. The lowest BCUT2D eigenvalue weighted by atomic mass is 10.1. The molecule has 7 nitrogen and oxygen atoms in total. The van der Waals surface area contributed by atoms with Gasteiger partial charge in [-0.2, -0.15) is 5.10 Å². The highest BCUT2D eigenvalue weighted by Gasteiger charge is 2.23. The summed E-state index contributed by atoms with van der Waals surface area (Å²) < 4.78 is 25.6. The van der Waals surface area contributed by atoms with Gasteiger partial charge >= 0.3 is 0 Å². The average Bonchev–Trinajstić information content (AvgIpc) is 3.27. The zero-order valence-electron chi connectivity index (χ0n) is 15.4. The molecule has 0 spiro atoms. The summed E-state index contributed by atoms with van der Waals surface area (Å²) in [5, 5.41) is 11.0. The number of ether oxygens (including phenoxy) is 1. The first-order valence-corrected chi connectivity index (χ1v) is 8.65. The molecule has 8 heteroatoms. The lowest BCUT2D eigenvalue weighted by molar-refractivity contribution is 0.0927. The summed E-state index contributed by atoms with van der Waals surface area (Å²) in [5.74, 6) is 0.280. The van der Waals surface area contributed by atoms with Crippen molar-refractivity contribution < 1.29 is 18.4 Å². The number of hydrogen-bond acceptors (Lipinski definition) is 5. The highest BCUT2D eigenvalue weighted by molar-refractivity contribution is 5.94. The van der Waals surface area contributed by atoms with Crippen molar-refractivity contribution in [3.8, 4) is 5.75 Å². The molecule has 142 valence electrons. The first kappa shape index (κ1) is 18.6. The number of rotatable bonds is 7. The number of nitrogens with one attached hydrogen (secondary N) is 1. The first-order valence-electron chi connectivity index (χ1n) is 8.65. The fraction of sp³-hybridized carbons (Fsp3) is 0.316. The van der Waals surface area contributed by atoms with E-state index in [0.717, 1.165) is 5.69 Å². The normalized spacial score (nSPS) is 12.0. The molecule has 0 bridgehead atoms. The van der Waals surface area contributed by atoms with E-state index in [1.807, 2.05) is 24.6 Å². The van der Waals surface area contributed by atoms with Crippen LogP contribution in [-0.4, -0.2) is 20.8 Å². The van der Waals surface area contributed by atoms with E-state index in [4.69, 9.17) is 9.26 Å². The third-order valence-electron chi connectivity index (χ3n) is 4.24. The molecule has 2 heterocycles. The third-order valence-corrected chi connectivity index (χ3v) is 4.24. The molecular weight excluding hydrogens is 351 g/mol. The smallest absolute Gasteiger partial charge is 0.274 e. The number of carbonyl (C=O) groups excluding carboxylic acids is 1. The van der Waals surface area contributed by atoms with Crippen molar-refractivity contribution in [1.29, 1.82) is 0 Å². The monoisotopic (exact) mass is 372 g/mol. The fourth-order valence-corrected chi connectivity index (χ4v) is 2.74. The van der Waals surface area contributed by atoms with E-state index in [2.05, 4.69) is 15.6 Å². The van der Waals surface area contributed by atoms with E-state index in [1.165, 1.54) is 24.3 Å². The molecule has 0 saturated carbocycles. The van der Waals surface area contributed by atoms with Crippen LogP contribution in [0.2, 0.25) is 0 Å². The molecule has 0 aliphatic carbocycles. The Balaban J connectivity index is 1.71. The summed E-state index contributed by atoms with van der Waals surface area (Å²) in [6.45, 7) is 6.37. The van der Waals surface area contributed by atoms with Gasteiger partial charge in [0.2, 0.25) is 0 Å². The predicted molar refractivity (Wildman–Crippen MR) is 95.8 cm³/mol. The molecule has 27 heavy (non-hydrogen) atoms. The molecule has 0 saturated heterocycles. The van der Waals surface area contributed by atoms with Crippen LogP contribution in [0.4, 0.5) is 4.39 Å². The fourth-order valence-electron chi connectivity index (χ4n) is 2.74. The number of nitrogens with zero attached hydrogens (tertiary/aromatic N) is 3. The summed E-state index contributed by atoms with van der Waals surface area (Å²) in [5.41, 5.74) is 1.62. The highest BCUT2D eigenvalue weighted by atomic mass is 19.1. The van der Waals surface area contributed by atoms with E-state index in [0.29, 0.717) is 23.6 Å². The lowest BCUT2D eigenvalue weighted by Crippen LogP contribution is -2.29. The van der Waals surface area contributed by atoms with Crippen LogP contribution < -0.4 is 10.1 Å². The van der Waals surface area contributed by atoms with Gasteiger partial charge in [-0.15, -0.1) is 0 Å². The maximum atomic E-state index is 13.0. The van der Waals surface area contributed by atoms with Crippen LogP contribution in [-0.2, 0) is 13.2 Å². The second-order valence-corrected chi connectivity index (χ2v) is 6.08. The van der Waals surface area contributed by atoms with Crippen LogP contribution in [0.15, 0.2) is 41.1 Å². The summed E-state index contributed by atoms with van der Waals surface area (Å²) >= 11 is 0. The maximum Gasteiger partial charge on any atom is 0.274 e. The molecule has 0 radical (unpaired) electrons. The third kappa shape index (κ3) is 4.16. The Morgan fingerprint density at radius 2 is 2.07 bits per heavy atom. The summed E-state index contributed by atoms with van der Waals surface area (Å²) in [6, 6.07) is 7.27. The van der Waals surface area contributed by atoms with Gasteiger partial charge in [0.25, 0.3) is 5.91 Å². The van der Waals surface area contributed by atoms with Crippen LogP contribution >= 0.6 is 0 Å². The van der Waals surface area contributed by atoms with E-state index in [-0.39, 0.29) is 30.1 Å². The number of halogens is 1. The zero-order valence-corrected chi connectivity index (χ0v) is 15.4. The van der Waals surface area contributed by atoms with Gasteiger partial charge in [0.15, 0.2) is 5.69 Å². The van der Waals surface area contributed by atoms with Gasteiger partial charge in [-0.25, -0.2) is 4.39 Å². The number of hydrogen-bond donors (Lipinski definition) is 1. The Kier molecular flexibility index (Phi) is 5.54. The molecule has 3 aromatic rings. The van der Waals surface area contributed by atoms with Crippen molar-refractivity contribution in [3.05, 3.63) is 65.1 Å². The minimum absolute atomic E-state index is 0.0883. The van der Waals surface area contributed by atoms with E-state index >= 15 is 0 Å². The number of aryl methyl sites for hydroxylation is 2. The minimum atomic E-state index is -0.360. The Morgan fingerprint density at radius 1 is 1.33 bits per heavy atom. The zero-order chi connectivity index (χ0) is 19.4. The standard InChI is InChI=1S/C19H21FN4O3/c1-4-24-17(9-10-21-24)12(2)22-19(25)18-16(13(3)27-23-18)11-26-15-7-5-14(20)6-8-15/h5-10,12H,4,11H2,1-3H3,(H,22,25). The Morgan fingerprint density at radius 3 is 2.78 bits per heavy atom. The van der Waals surface area contributed by atoms with E-state index in [1.54, 1.807) is 13.1 Å². The lowest BCUT2D eigenvalue weighted by Gasteiger charge is -2.15. The van der Waals surface area contributed by atoms with E-state index in [9.17, 15) is 9.18 Å². The second kappa shape index (κ2) is 8.03. The predicted octanol–water partition coefficient (Wildman–Crippen LogP) is 3.41. The van der Waals surface area contributed by atoms with Gasteiger partial charge in [-0.1, -0.05) is 5.16 Å². The summed E-state index contributed by atoms with van der Waals surface area (Å²) in [6.07, 6.45) is 1.70. The molecule has 3 rings (SSSR count). The number of benzene rings is 1. The van der Waals surface area contributed by atoms with E-state index < -0.39 is 0 Å². The van der Waals surface area contributed by atoms with Crippen molar-refractivity contribution >= 4 is 5.91 Å². The number of aromatic nitrogens is 3. The molecule has 1 aromatic carbocycles. The van der Waals surface area contributed by atoms with Crippen LogP contribution in [0.3, 0.4) is 0 Å². The molecule has 0 aliphatic heterocycles. The molecule has 1 amide bonds. The quantitative estimate of drug-likeness (QED) is 0.687. The Hall–Kier alpha value is -3.16. The van der Waals surface area contributed by atoms with Crippen molar-refractivity contribution in [2.45, 2.75) is 40.0 Å². The van der Waals surface area contributed by atoms with Gasteiger partial charge in [-0.05, 0) is 51.1 Å². The SMILES string of the molecule is CCn1nccc1C(C)NC(=O)c1noc(C)c1COc1ccc(F)cc1. The summed E-state index contributed by atoms with van der Waals surface area (Å²) in [4.78, 5) is 12.7. The largest absolute Gasteiger partial charge is 0.489 e. The topological polar surface area (TPSA) is 82.2 Å². The Labute approximate surface area is 156 Å². The van der Waals surface area contributed by atoms with Gasteiger partial charge in [-0.3, -0.25) is 9.48 Å². The molecule has 1 N–H and O–H groups in total. The summed E-state index contributed by atoms with van der Waals surface area (Å²) in [7, 11) is 0. The molecule has 1 atom stereocenters. The van der Waals surface area contributed by atoms with Crippen LogP contribution in [0.5, 0.6) is 5.75 Å². The molecule has 0 fully saturated rings. The van der Waals surface area contributed by atoms with Crippen LogP contribution in [0.25, 0.3) is 0 Å². The van der Waals surface area contributed by atoms with Crippen LogP contribution in [0, 0.1) is 12.7 Å². The van der Waals surface area contributed by atoms with Gasteiger partial charge in [0, 0.05) is 12.7 Å². The second-order valence-electron chi connectivity index (χ2n) is 6.08. The molecule has 2 aromatic heterocycles. The Bertz CT molecular complexity index is 917.